The monoisotopic (exact) mass is 416 g/mol. The number of benzene rings is 2. The van der Waals surface area contributed by atoms with Gasteiger partial charge in [0.25, 0.3) is 0 Å². The average molecular weight is 417 g/mol. The third kappa shape index (κ3) is 3.80. The van der Waals surface area contributed by atoms with Crippen LogP contribution in [0.25, 0.3) is 5.57 Å². The highest BCUT2D eigenvalue weighted by Gasteiger charge is 2.41. The fourth-order valence-corrected chi connectivity index (χ4v) is 4.08. The molecule has 0 saturated heterocycles. The van der Waals surface area contributed by atoms with Gasteiger partial charge in [-0.15, -0.1) is 0 Å². The molecule has 3 atom stereocenters. The topological polar surface area (TPSA) is 52.6 Å². The summed E-state index contributed by atoms with van der Waals surface area (Å²) in [6.45, 7) is 0. The standard InChI is InChI=1S/C22H18Cl2O4/c23-14-7-5-13(6-8-14)18-12-27-20-11-15(9-10-17(20)21(18)25)28-22(26)16-3-1-2-4-19(16)24/h1-8,12,15,17,20H,9-11H2. The van der Waals surface area contributed by atoms with Crippen LogP contribution in [0.3, 0.4) is 0 Å². The van der Waals surface area contributed by atoms with Crippen LogP contribution in [0.2, 0.25) is 10.0 Å². The molecule has 2 aliphatic rings. The Morgan fingerprint density at radius 3 is 2.54 bits per heavy atom. The van der Waals surface area contributed by atoms with Gasteiger partial charge in [0.1, 0.15) is 12.2 Å². The van der Waals surface area contributed by atoms with Gasteiger partial charge in [-0.2, -0.15) is 0 Å². The molecule has 3 unspecified atom stereocenters. The van der Waals surface area contributed by atoms with Crippen LogP contribution in [0.1, 0.15) is 35.2 Å². The van der Waals surface area contributed by atoms with E-state index >= 15 is 0 Å². The quantitative estimate of drug-likeness (QED) is 0.634. The number of ether oxygens (including phenoxy) is 2. The van der Waals surface area contributed by atoms with E-state index in [1.165, 1.54) is 6.26 Å². The molecule has 6 heteroatoms. The summed E-state index contributed by atoms with van der Waals surface area (Å²) in [6, 6.07) is 13.9. The van der Waals surface area contributed by atoms with Crippen molar-refractivity contribution in [3.63, 3.8) is 0 Å². The molecule has 1 aliphatic heterocycles. The van der Waals surface area contributed by atoms with Crippen LogP contribution >= 0.6 is 23.2 Å². The van der Waals surface area contributed by atoms with Crippen molar-refractivity contribution < 1.29 is 19.1 Å². The van der Waals surface area contributed by atoms with E-state index in [1.54, 1.807) is 36.4 Å². The van der Waals surface area contributed by atoms with Crippen LogP contribution in [0.15, 0.2) is 54.8 Å². The van der Waals surface area contributed by atoms with Crippen molar-refractivity contribution in [1.82, 2.24) is 0 Å². The Bertz CT molecular complexity index is 936. The van der Waals surface area contributed by atoms with Gasteiger partial charge in [0.05, 0.1) is 28.3 Å². The number of Topliss-reactive ketones (excluding diaryl/α,β-unsaturated/α-hetero) is 1. The van der Waals surface area contributed by atoms with Crippen LogP contribution in [0, 0.1) is 5.92 Å². The molecule has 144 valence electrons. The Labute approximate surface area is 173 Å². The molecule has 1 aliphatic carbocycles. The zero-order valence-corrected chi connectivity index (χ0v) is 16.5. The van der Waals surface area contributed by atoms with Crippen LogP contribution in [0.4, 0.5) is 0 Å². The van der Waals surface area contributed by atoms with Crippen LogP contribution in [-0.2, 0) is 14.3 Å². The highest BCUT2D eigenvalue weighted by Crippen LogP contribution is 2.37. The highest BCUT2D eigenvalue weighted by atomic mass is 35.5. The molecule has 1 saturated carbocycles. The van der Waals surface area contributed by atoms with E-state index in [4.69, 9.17) is 32.7 Å². The fourth-order valence-electron chi connectivity index (χ4n) is 3.74. The number of hydrogen-bond donors (Lipinski definition) is 0. The Morgan fingerprint density at radius 1 is 1.04 bits per heavy atom. The molecule has 0 N–H and O–H groups in total. The lowest BCUT2D eigenvalue weighted by Gasteiger charge is -2.37. The molecule has 2 aromatic rings. The lowest BCUT2D eigenvalue weighted by molar-refractivity contribution is -0.126. The van der Waals surface area contributed by atoms with Gasteiger partial charge in [-0.05, 0) is 42.7 Å². The largest absolute Gasteiger partial charge is 0.496 e. The Balaban J connectivity index is 1.44. The van der Waals surface area contributed by atoms with E-state index in [0.29, 0.717) is 40.4 Å². The van der Waals surface area contributed by atoms with Gasteiger partial charge in [0.15, 0.2) is 5.78 Å². The first-order valence-electron chi connectivity index (χ1n) is 9.14. The highest BCUT2D eigenvalue weighted by molar-refractivity contribution is 6.33. The van der Waals surface area contributed by atoms with Gasteiger partial charge in [-0.25, -0.2) is 4.79 Å². The van der Waals surface area contributed by atoms with Crippen LogP contribution in [-0.4, -0.2) is 24.0 Å². The number of allylic oxidation sites excluding steroid dienone is 1. The fraction of sp³-hybridized carbons (Fsp3) is 0.273. The summed E-state index contributed by atoms with van der Waals surface area (Å²) in [5.41, 5.74) is 1.70. The first kappa shape index (κ1) is 19.0. The van der Waals surface area contributed by atoms with E-state index in [2.05, 4.69) is 0 Å². The predicted molar refractivity (Wildman–Crippen MR) is 107 cm³/mol. The maximum Gasteiger partial charge on any atom is 0.339 e. The first-order valence-corrected chi connectivity index (χ1v) is 9.90. The summed E-state index contributed by atoms with van der Waals surface area (Å²) in [4.78, 5) is 25.3. The molecule has 0 amide bonds. The summed E-state index contributed by atoms with van der Waals surface area (Å²) < 4.78 is 11.5. The third-order valence-electron chi connectivity index (χ3n) is 5.23. The number of carbonyl (C=O) groups excluding carboxylic acids is 2. The number of carbonyl (C=O) groups is 2. The number of ketones is 1. The van der Waals surface area contributed by atoms with Crippen LogP contribution in [0.5, 0.6) is 0 Å². The molecule has 0 aromatic heterocycles. The maximum atomic E-state index is 12.9. The minimum absolute atomic E-state index is 0.0643. The first-order chi connectivity index (χ1) is 13.5. The Hall–Kier alpha value is -2.30. The second-order valence-corrected chi connectivity index (χ2v) is 7.85. The van der Waals surface area contributed by atoms with Gasteiger partial charge >= 0.3 is 5.97 Å². The van der Waals surface area contributed by atoms with E-state index in [-0.39, 0.29) is 23.9 Å². The normalized spacial score (nSPS) is 24.0. The van der Waals surface area contributed by atoms with Crippen molar-refractivity contribution in [2.45, 2.75) is 31.5 Å². The molecule has 2 aromatic carbocycles. The van der Waals surface area contributed by atoms with Crippen molar-refractivity contribution in [1.29, 1.82) is 0 Å². The molecule has 1 fully saturated rings. The number of halogens is 2. The molecule has 0 spiro atoms. The number of hydrogen-bond acceptors (Lipinski definition) is 4. The van der Waals surface area contributed by atoms with Gasteiger partial charge in [-0.1, -0.05) is 47.5 Å². The summed E-state index contributed by atoms with van der Waals surface area (Å²) in [5.74, 6) is -0.617. The summed E-state index contributed by atoms with van der Waals surface area (Å²) in [7, 11) is 0. The summed E-state index contributed by atoms with van der Waals surface area (Å²) in [6.07, 6.45) is 2.63. The van der Waals surface area contributed by atoms with Crippen molar-refractivity contribution in [3.05, 3.63) is 76.0 Å². The Morgan fingerprint density at radius 2 is 1.79 bits per heavy atom. The molecule has 28 heavy (non-hydrogen) atoms. The molecule has 0 bridgehead atoms. The average Bonchev–Trinajstić information content (AvgIpc) is 2.69. The van der Waals surface area contributed by atoms with Crippen molar-refractivity contribution in [3.8, 4) is 0 Å². The lowest BCUT2D eigenvalue weighted by Crippen LogP contribution is -2.42. The molecule has 4 rings (SSSR count). The molecule has 0 radical (unpaired) electrons. The van der Waals surface area contributed by atoms with E-state index < -0.39 is 5.97 Å². The molecule has 4 nitrogen and oxygen atoms in total. The SMILES string of the molecule is O=C(OC1CCC2C(=O)C(c3ccc(Cl)cc3)=COC2C1)c1ccccc1Cl. The zero-order chi connectivity index (χ0) is 19.7. The smallest absolute Gasteiger partial charge is 0.339 e. The van der Waals surface area contributed by atoms with Gasteiger partial charge in [0, 0.05) is 11.4 Å². The number of esters is 1. The summed E-state index contributed by atoms with van der Waals surface area (Å²) >= 11 is 12.0. The molecular weight excluding hydrogens is 399 g/mol. The lowest BCUT2D eigenvalue weighted by atomic mass is 9.78. The number of rotatable bonds is 3. The predicted octanol–water partition coefficient (Wildman–Crippen LogP) is 5.33. The summed E-state index contributed by atoms with van der Waals surface area (Å²) in [5, 5.41) is 0.980. The minimum Gasteiger partial charge on any atom is -0.496 e. The van der Waals surface area contributed by atoms with Gasteiger partial charge in [-0.3, -0.25) is 4.79 Å². The van der Waals surface area contributed by atoms with Crippen molar-refractivity contribution in [2.24, 2.45) is 5.92 Å². The Kier molecular flexibility index (Phi) is 5.42. The van der Waals surface area contributed by atoms with E-state index in [9.17, 15) is 9.59 Å². The third-order valence-corrected chi connectivity index (χ3v) is 5.81. The van der Waals surface area contributed by atoms with Crippen molar-refractivity contribution in [2.75, 3.05) is 0 Å². The van der Waals surface area contributed by atoms with E-state index in [1.807, 2.05) is 12.1 Å². The molecule has 1 heterocycles. The number of fused-ring (bicyclic) bond motifs is 1. The maximum absolute atomic E-state index is 12.9. The molecular formula is C22H18Cl2O4. The second kappa shape index (κ2) is 7.98. The van der Waals surface area contributed by atoms with Gasteiger partial charge < -0.3 is 9.47 Å². The minimum atomic E-state index is -0.450. The van der Waals surface area contributed by atoms with Crippen LogP contribution < -0.4 is 0 Å². The van der Waals surface area contributed by atoms with Gasteiger partial charge in [0.2, 0.25) is 0 Å². The van der Waals surface area contributed by atoms with E-state index in [0.717, 1.165) is 5.56 Å². The zero-order valence-electron chi connectivity index (χ0n) is 14.9. The second-order valence-electron chi connectivity index (χ2n) is 7.00. The van der Waals surface area contributed by atoms with Crippen molar-refractivity contribution >= 4 is 40.5 Å².